The van der Waals surface area contributed by atoms with E-state index < -0.39 is 0 Å². The number of hydrogen-bond donors (Lipinski definition) is 1. The molecule has 0 aromatic carbocycles. The van der Waals surface area contributed by atoms with Crippen LogP contribution in [0.15, 0.2) is 0 Å². The standard InChI is InChI=1S/C4H10O.BrH.Mg/c1-2-3-4-5;;/h5H,2-4H2,1H3;1H;/q;;+3/p-1. The van der Waals surface area contributed by atoms with Crippen LogP contribution in [-0.4, -0.2) is 31.3 Å². The number of aliphatic hydroxyl groups is 1. The molecule has 0 aliphatic heterocycles. The largest absolute Gasteiger partial charge is 1.52 e. The Hall–Kier alpha value is 1.21. The van der Waals surface area contributed by atoms with Crippen molar-refractivity contribution in [2.45, 2.75) is 19.8 Å². The number of unbranched alkanes of at least 4 members (excludes halogenated alkanes) is 1. The van der Waals surface area contributed by atoms with Gasteiger partial charge in [0, 0.05) is 6.61 Å². The number of rotatable bonds is 2. The topological polar surface area (TPSA) is 20.2 Å². The second kappa shape index (κ2) is 15.7. The van der Waals surface area contributed by atoms with E-state index in [1.807, 2.05) is 0 Å². The van der Waals surface area contributed by atoms with E-state index in [1.54, 1.807) is 19.5 Å². The van der Waals surface area contributed by atoms with Crippen molar-refractivity contribution in [3.63, 3.8) is 0 Å². The van der Waals surface area contributed by atoms with Crippen LogP contribution in [0.2, 0.25) is 0 Å². The van der Waals surface area contributed by atoms with E-state index in [0.29, 0.717) is 6.61 Å². The second-order valence-electron chi connectivity index (χ2n) is 1.08. The Bertz CT molecular complexity index is 19.2. The Morgan fingerprint density at radius 2 is 2.00 bits per heavy atom. The molecule has 1 N–H and O–H groups in total. The fourth-order valence-electron chi connectivity index (χ4n) is 0.158. The van der Waals surface area contributed by atoms with Crippen molar-refractivity contribution in [3.05, 3.63) is 0 Å². The molecule has 0 heterocycles. The smallest absolute Gasteiger partial charge is 0.396 e. The van der Waals surface area contributed by atoms with Gasteiger partial charge in [0.15, 0.2) is 0 Å². The predicted octanol–water partition coefficient (Wildman–Crippen LogP) is 1.24. The van der Waals surface area contributed by atoms with Crippen LogP contribution in [0.5, 0.6) is 0 Å². The molecule has 0 rings (SSSR count). The van der Waals surface area contributed by atoms with Crippen LogP contribution in [0.1, 0.15) is 19.8 Å². The summed E-state index contributed by atoms with van der Waals surface area (Å²) in [4.78, 5) is 0. The molecule has 3 heteroatoms. The van der Waals surface area contributed by atoms with Gasteiger partial charge >= 0.3 is 32.4 Å². The summed E-state index contributed by atoms with van der Waals surface area (Å²) in [5.74, 6) is 0. The Labute approximate surface area is 63.8 Å². The molecule has 0 aliphatic carbocycles. The summed E-state index contributed by atoms with van der Waals surface area (Å²) in [6.07, 6.45) is 2.04. The summed E-state index contributed by atoms with van der Waals surface area (Å²) >= 11 is 4.64. The zero-order chi connectivity index (χ0) is 6.12. The minimum absolute atomic E-state index is 0.344. The summed E-state index contributed by atoms with van der Waals surface area (Å²) in [5, 5.41) is 8.07. The summed E-state index contributed by atoms with van der Waals surface area (Å²) in [7, 11) is 0. The SMILES string of the molecule is CCCCO.[Mg+2][Br]. The van der Waals surface area contributed by atoms with Gasteiger partial charge in [-0.1, -0.05) is 13.3 Å². The third-order valence-electron chi connectivity index (χ3n) is 0.512. The molecule has 0 atom stereocenters. The van der Waals surface area contributed by atoms with Crippen molar-refractivity contribution in [1.29, 1.82) is 0 Å². The quantitative estimate of drug-likeness (QED) is 0.631. The van der Waals surface area contributed by atoms with Crippen LogP contribution in [-0.2, 0) is 0 Å². The minimum atomic E-state index is 0.344. The fourth-order valence-corrected chi connectivity index (χ4v) is 0.158. The maximum Gasteiger partial charge on any atom is 1.52 e. The molecule has 39 valence electrons. The maximum absolute atomic E-state index is 8.07. The lowest BCUT2D eigenvalue weighted by atomic mass is 10.4. The zero-order valence-corrected chi connectivity index (χ0v) is 7.65. The zero-order valence-electron chi connectivity index (χ0n) is 4.65. The lowest BCUT2D eigenvalue weighted by molar-refractivity contribution is 0.287. The fraction of sp³-hybridized carbons (Fsp3) is 1.00. The van der Waals surface area contributed by atoms with Gasteiger partial charge < -0.3 is 5.11 Å². The minimum Gasteiger partial charge on any atom is -0.396 e. The third-order valence-corrected chi connectivity index (χ3v) is 0.512. The van der Waals surface area contributed by atoms with Gasteiger partial charge in [0.1, 0.15) is 0 Å². The van der Waals surface area contributed by atoms with E-state index in [4.69, 9.17) is 5.11 Å². The highest BCUT2D eigenvalue weighted by atomic mass is 79.9. The van der Waals surface area contributed by atoms with Gasteiger partial charge in [0.25, 0.3) is 0 Å². The normalized spacial score (nSPS) is 6.86. The molecule has 1 nitrogen and oxygen atoms in total. The Morgan fingerprint density at radius 3 is 2.00 bits per heavy atom. The van der Waals surface area contributed by atoms with Gasteiger partial charge in [-0.3, -0.25) is 0 Å². The van der Waals surface area contributed by atoms with Crippen LogP contribution in [0.3, 0.4) is 0 Å². The van der Waals surface area contributed by atoms with Gasteiger partial charge in [-0.05, 0) is 6.42 Å². The lowest BCUT2D eigenvalue weighted by Crippen LogP contribution is -1.75. The number of hydrogen-bond acceptors (Lipinski definition) is 1. The van der Waals surface area contributed by atoms with Crippen molar-refractivity contribution >= 4 is 32.4 Å². The maximum atomic E-state index is 8.07. The first-order valence-corrected chi connectivity index (χ1v) is 6.19. The third kappa shape index (κ3) is 19.0. The van der Waals surface area contributed by atoms with Crippen LogP contribution < -0.4 is 0 Å². The average molecular weight is 178 g/mol. The van der Waals surface area contributed by atoms with E-state index in [9.17, 15) is 0 Å². The molecule has 0 aliphatic rings. The molecule has 0 aromatic heterocycles. The van der Waals surface area contributed by atoms with E-state index in [-0.39, 0.29) is 0 Å². The molecule has 7 heavy (non-hydrogen) atoms. The van der Waals surface area contributed by atoms with E-state index in [2.05, 4.69) is 19.8 Å². The molecular weight excluding hydrogens is 168 g/mol. The molecule has 0 amide bonds. The van der Waals surface area contributed by atoms with Crippen LogP contribution in [0.4, 0.5) is 0 Å². The van der Waals surface area contributed by atoms with Gasteiger partial charge in [-0.25, -0.2) is 0 Å². The molecular formula is C4H10BrMgO+2. The highest BCUT2D eigenvalue weighted by molar-refractivity contribution is 9.22. The molecule has 0 spiro atoms. The summed E-state index contributed by atoms with van der Waals surface area (Å²) in [6, 6.07) is 0. The van der Waals surface area contributed by atoms with E-state index in [0.717, 1.165) is 12.8 Å². The predicted molar refractivity (Wildman–Crippen MR) is 36.7 cm³/mol. The van der Waals surface area contributed by atoms with Crippen molar-refractivity contribution in [2.75, 3.05) is 6.61 Å². The molecule has 7 radical (unpaired) electrons. The van der Waals surface area contributed by atoms with E-state index in [1.165, 1.54) is 0 Å². The molecule has 0 bridgehead atoms. The molecule has 0 unspecified atom stereocenters. The molecule has 0 saturated carbocycles. The Morgan fingerprint density at radius 1 is 1.57 bits per heavy atom. The molecule has 0 fully saturated rings. The summed E-state index contributed by atoms with van der Waals surface area (Å²) in [5.41, 5.74) is 0. The van der Waals surface area contributed by atoms with Gasteiger partial charge in [0.2, 0.25) is 0 Å². The summed E-state index contributed by atoms with van der Waals surface area (Å²) < 4.78 is 0. The van der Waals surface area contributed by atoms with Crippen molar-refractivity contribution in [3.8, 4) is 0 Å². The lowest BCUT2D eigenvalue weighted by Gasteiger charge is -1.79. The molecule has 0 saturated heterocycles. The first-order chi connectivity index (χ1) is 3.41. The number of aliphatic hydroxyl groups excluding tert-OH is 1. The van der Waals surface area contributed by atoms with Gasteiger partial charge in [0.05, 0.1) is 0 Å². The molecule has 0 aromatic rings. The highest BCUT2D eigenvalue weighted by Crippen LogP contribution is 1.78. The van der Waals surface area contributed by atoms with Crippen LogP contribution >= 0.6 is 12.9 Å². The first-order valence-electron chi connectivity index (χ1n) is 2.29. The Kier molecular flexibility index (Phi) is 24.8. The highest BCUT2D eigenvalue weighted by Gasteiger charge is 2.13. The first kappa shape index (κ1) is 11.1. The van der Waals surface area contributed by atoms with Crippen molar-refractivity contribution in [1.82, 2.24) is 0 Å². The Balaban J connectivity index is 0. The van der Waals surface area contributed by atoms with Gasteiger partial charge in [-0.15, -0.1) is 0 Å². The van der Waals surface area contributed by atoms with E-state index >= 15 is 0 Å². The van der Waals surface area contributed by atoms with Crippen LogP contribution in [0.25, 0.3) is 0 Å². The van der Waals surface area contributed by atoms with Crippen molar-refractivity contribution in [2.24, 2.45) is 0 Å². The second-order valence-corrected chi connectivity index (χ2v) is 1.08. The van der Waals surface area contributed by atoms with Gasteiger partial charge in [-0.2, -0.15) is 0 Å². The van der Waals surface area contributed by atoms with Crippen molar-refractivity contribution < 1.29 is 5.11 Å². The number of halogens is 1. The monoisotopic (exact) mass is 177 g/mol. The summed E-state index contributed by atoms with van der Waals surface area (Å²) in [6.45, 7) is 2.40. The average Bonchev–Trinajstić information content (AvgIpc) is 1.75. The van der Waals surface area contributed by atoms with Crippen LogP contribution in [0, 0.1) is 0 Å².